The molecule has 0 spiro atoms. The number of ether oxygens (including phenoxy) is 1. The van der Waals surface area contributed by atoms with Gasteiger partial charge in [-0.2, -0.15) is 0 Å². The van der Waals surface area contributed by atoms with Crippen molar-refractivity contribution in [2.75, 3.05) is 11.9 Å². The second kappa shape index (κ2) is 6.35. The molecule has 3 rings (SSSR count). The molecule has 0 aliphatic rings. The van der Waals surface area contributed by atoms with Gasteiger partial charge in [-0.3, -0.25) is 4.79 Å². The topological polar surface area (TPSA) is 54.1 Å². The summed E-state index contributed by atoms with van der Waals surface area (Å²) in [4.78, 5) is 15.4. The predicted molar refractivity (Wildman–Crippen MR) is 88.2 cm³/mol. The van der Waals surface area contributed by atoms with Crippen LogP contribution in [0, 0.1) is 0 Å². The van der Waals surface area contributed by atoms with Crippen molar-refractivity contribution in [3.05, 3.63) is 60.3 Å². The van der Waals surface area contributed by atoms with E-state index in [0.29, 0.717) is 24.5 Å². The van der Waals surface area contributed by atoms with Gasteiger partial charge in [0.05, 0.1) is 18.7 Å². The molecule has 0 saturated carbocycles. The van der Waals surface area contributed by atoms with Crippen molar-refractivity contribution in [1.82, 2.24) is 4.98 Å². The fraction of sp³-hybridized carbons (Fsp3) is 0.167. The van der Waals surface area contributed by atoms with Gasteiger partial charge in [0.1, 0.15) is 5.75 Å². The first-order valence-electron chi connectivity index (χ1n) is 7.34. The summed E-state index contributed by atoms with van der Waals surface area (Å²) in [5.41, 5.74) is 2.77. The molecule has 0 atom stereocenters. The first-order chi connectivity index (χ1) is 10.8. The summed E-state index contributed by atoms with van der Waals surface area (Å²) in [6.45, 7) is 2.49. The fourth-order valence-corrected chi connectivity index (χ4v) is 2.44. The molecule has 1 aromatic heterocycles. The lowest BCUT2D eigenvalue weighted by atomic mass is 10.1. The first kappa shape index (κ1) is 14.2. The summed E-state index contributed by atoms with van der Waals surface area (Å²) in [6, 6.07) is 15.5. The molecule has 4 nitrogen and oxygen atoms in total. The highest BCUT2D eigenvalue weighted by Gasteiger charge is 2.08. The third-order valence-corrected chi connectivity index (χ3v) is 3.44. The number of carbonyl (C=O) groups excluding carboxylic acids is 1. The Morgan fingerprint density at radius 3 is 2.91 bits per heavy atom. The number of fused-ring (bicyclic) bond motifs is 1. The molecule has 0 saturated heterocycles. The van der Waals surface area contributed by atoms with Crippen LogP contribution in [-0.4, -0.2) is 17.5 Å². The van der Waals surface area contributed by atoms with Gasteiger partial charge in [0.25, 0.3) is 0 Å². The number of anilines is 1. The molecule has 2 N–H and O–H groups in total. The Labute approximate surface area is 129 Å². The lowest BCUT2D eigenvalue weighted by Gasteiger charge is -2.11. The molecule has 1 amide bonds. The number of carbonyl (C=O) groups is 1. The van der Waals surface area contributed by atoms with Gasteiger partial charge in [-0.1, -0.05) is 18.2 Å². The number of para-hydroxylation sites is 2. The van der Waals surface area contributed by atoms with E-state index in [-0.39, 0.29) is 5.91 Å². The molecule has 0 fully saturated rings. The minimum atomic E-state index is -0.0537. The maximum atomic E-state index is 12.2. The fourth-order valence-electron chi connectivity index (χ4n) is 2.44. The normalized spacial score (nSPS) is 10.6. The zero-order valence-corrected chi connectivity index (χ0v) is 12.4. The van der Waals surface area contributed by atoms with Gasteiger partial charge in [-0.15, -0.1) is 0 Å². The summed E-state index contributed by atoms with van der Waals surface area (Å²) in [5, 5.41) is 4.03. The van der Waals surface area contributed by atoms with E-state index < -0.39 is 0 Å². The maximum Gasteiger partial charge on any atom is 0.228 e. The van der Waals surface area contributed by atoms with Crippen molar-refractivity contribution in [2.24, 2.45) is 0 Å². The molecule has 0 radical (unpaired) electrons. The minimum Gasteiger partial charge on any atom is -0.492 e. The lowest BCUT2D eigenvalue weighted by Crippen LogP contribution is -2.15. The molecule has 0 bridgehead atoms. The van der Waals surface area contributed by atoms with E-state index in [9.17, 15) is 4.79 Å². The van der Waals surface area contributed by atoms with Crippen molar-refractivity contribution < 1.29 is 9.53 Å². The Balaban J connectivity index is 1.72. The van der Waals surface area contributed by atoms with E-state index >= 15 is 0 Å². The van der Waals surface area contributed by atoms with E-state index in [1.165, 1.54) is 0 Å². The van der Waals surface area contributed by atoms with Crippen LogP contribution in [0.4, 0.5) is 5.69 Å². The lowest BCUT2D eigenvalue weighted by molar-refractivity contribution is -0.115. The van der Waals surface area contributed by atoms with E-state index in [1.54, 1.807) is 0 Å². The zero-order chi connectivity index (χ0) is 15.4. The number of H-pyrrole nitrogens is 1. The molecule has 0 aliphatic carbocycles. The van der Waals surface area contributed by atoms with E-state index in [2.05, 4.69) is 10.3 Å². The molecule has 0 aliphatic heterocycles. The van der Waals surface area contributed by atoms with Crippen LogP contribution < -0.4 is 10.1 Å². The number of benzene rings is 2. The molecule has 3 aromatic rings. The number of hydrogen-bond donors (Lipinski definition) is 2. The highest BCUT2D eigenvalue weighted by molar-refractivity contribution is 5.94. The minimum absolute atomic E-state index is 0.0537. The SMILES string of the molecule is CCOc1ccccc1NC(=O)Cc1ccc2[nH]ccc2c1. The summed E-state index contributed by atoms with van der Waals surface area (Å²) < 4.78 is 5.52. The van der Waals surface area contributed by atoms with Gasteiger partial charge in [0, 0.05) is 11.7 Å². The van der Waals surface area contributed by atoms with Gasteiger partial charge in [0.2, 0.25) is 5.91 Å². The Kier molecular flexibility index (Phi) is 4.10. The van der Waals surface area contributed by atoms with Crippen LogP contribution in [0.1, 0.15) is 12.5 Å². The van der Waals surface area contributed by atoms with Crippen molar-refractivity contribution >= 4 is 22.5 Å². The van der Waals surface area contributed by atoms with Gasteiger partial charge in [-0.25, -0.2) is 0 Å². The quantitative estimate of drug-likeness (QED) is 0.753. The number of aromatic nitrogens is 1. The van der Waals surface area contributed by atoms with Crippen LogP contribution in [0.25, 0.3) is 10.9 Å². The van der Waals surface area contributed by atoms with Crippen LogP contribution in [0.3, 0.4) is 0 Å². The number of hydrogen-bond acceptors (Lipinski definition) is 2. The number of nitrogens with one attached hydrogen (secondary N) is 2. The molecular weight excluding hydrogens is 276 g/mol. The van der Waals surface area contributed by atoms with Crippen molar-refractivity contribution in [3.8, 4) is 5.75 Å². The molecule has 22 heavy (non-hydrogen) atoms. The first-order valence-corrected chi connectivity index (χ1v) is 7.34. The van der Waals surface area contributed by atoms with Crippen molar-refractivity contribution in [1.29, 1.82) is 0 Å². The summed E-state index contributed by atoms with van der Waals surface area (Å²) in [5.74, 6) is 0.640. The molecule has 2 aromatic carbocycles. The van der Waals surface area contributed by atoms with Crippen molar-refractivity contribution in [3.63, 3.8) is 0 Å². The van der Waals surface area contributed by atoms with E-state index in [1.807, 2.05) is 61.7 Å². The Hall–Kier alpha value is -2.75. The third-order valence-electron chi connectivity index (χ3n) is 3.44. The van der Waals surface area contributed by atoms with Gasteiger partial charge < -0.3 is 15.0 Å². The molecule has 4 heteroatoms. The van der Waals surface area contributed by atoms with Gasteiger partial charge in [0.15, 0.2) is 0 Å². The summed E-state index contributed by atoms with van der Waals surface area (Å²) >= 11 is 0. The summed E-state index contributed by atoms with van der Waals surface area (Å²) in [6.07, 6.45) is 2.23. The largest absolute Gasteiger partial charge is 0.492 e. The summed E-state index contributed by atoms with van der Waals surface area (Å²) in [7, 11) is 0. The third kappa shape index (κ3) is 3.11. The number of rotatable bonds is 5. The van der Waals surface area contributed by atoms with Gasteiger partial charge >= 0.3 is 0 Å². The van der Waals surface area contributed by atoms with Crippen LogP contribution in [0.2, 0.25) is 0 Å². The van der Waals surface area contributed by atoms with Crippen LogP contribution in [-0.2, 0) is 11.2 Å². The second-order valence-electron chi connectivity index (χ2n) is 5.05. The highest BCUT2D eigenvalue weighted by Crippen LogP contribution is 2.24. The highest BCUT2D eigenvalue weighted by atomic mass is 16.5. The van der Waals surface area contributed by atoms with E-state index in [4.69, 9.17) is 4.74 Å². The Morgan fingerprint density at radius 2 is 2.05 bits per heavy atom. The van der Waals surface area contributed by atoms with Crippen LogP contribution in [0.15, 0.2) is 54.7 Å². The number of aromatic amines is 1. The monoisotopic (exact) mass is 294 g/mol. The Bertz CT molecular complexity index is 792. The standard InChI is InChI=1S/C18H18N2O2/c1-2-22-17-6-4-3-5-16(17)20-18(21)12-13-7-8-15-14(11-13)9-10-19-15/h3-11,19H,2,12H2,1H3,(H,20,21). The van der Waals surface area contributed by atoms with Crippen molar-refractivity contribution in [2.45, 2.75) is 13.3 Å². The second-order valence-corrected chi connectivity index (χ2v) is 5.05. The van der Waals surface area contributed by atoms with Gasteiger partial charge in [-0.05, 0) is 48.2 Å². The van der Waals surface area contributed by atoms with Crippen LogP contribution >= 0.6 is 0 Å². The molecular formula is C18H18N2O2. The molecule has 0 unspecified atom stereocenters. The van der Waals surface area contributed by atoms with Crippen LogP contribution in [0.5, 0.6) is 5.75 Å². The average molecular weight is 294 g/mol. The molecule has 112 valence electrons. The average Bonchev–Trinajstić information content (AvgIpc) is 2.97. The van der Waals surface area contributed by atoms with E-state index in [0.717, 1.165) is 16.5 Å². The Morgan fingerprint density at radius 1 is 1.18 bits per heavy atom. The smallest absolute Gasteiger partial charge is 0.228 e. The predicted octanol–water partition coefficient (Wildman–Crippen LogP) is 3.75. The zero-order valence-electron chi connectivity index (χ0n) is 12.4. The molecule has 1 heterocycles. The maximum absolute atomic E-state index is 12.2. The number of amides is 1.